The van der Waals surface area contributed by atoms with Crippen molar-refractivity contribution < 1.29 is 0 Å². The van der Waals surface area contributed by atoms with Gasteiger partial charge in [0.05, 0.1) is 0 Å². The van der Waals surface area contributed by atoms with Gasteiger partial charge in [-0.05, 0) is 32.6 Å². The van der Waals surface area contributed by atoms with Gasteiger partial charge >= 0.3 is 0 Å². The lowest BCUT2D eigenvalue weighted by molar-refractivity contribution is 0.0443. The molecule has 2 aliphatic heterocycles. The molecule has 0 aromatic rings. The average molecular weight is 224 g/mol. The van der Waals surface area contributed by atoms with Crippen molar-refractivity contribution in [2.45, 2.75) is 65.6 Å². The predicted octanol–water partition coefficient (Wildman–Crippen LogP) is 2.59. The highest BCUT2D eigenvalue weighted by Gasteiger charge is 2.47. The molecule has 16 heavy (non-hydrogen) atoms. The lowest BCUT2D eigenvalue weighted by atomic mass is 9.95. The standard InChI is InChI=1S/C14H28N2/c1-13(2,3)10-15-8-12-7-11(15)9-16(12)14(4,5)6/h11-12H,7-10H2,1-6H3/t11-,12-/m1/s1. The topological polar surface area (TPSA) is 6.48 Å². The summed E-state index contributed by atoms with van der Waals surface area (Å²) in [6.07, 6.45) is 1.40. The second-order valence-corrected chi connectivity index (χ2v) is 7.86. The van der Waals surface area contributed by atoms with Crippen molar-refractivity contribution in [3.05, 3.63) is 0 Å². The maximum Gasteiger partial charge on any atom is 0.0244 e. The Morgan fingerprint density at radius 1 is 0.938 bits per heavy atom. The van der Waals surface area contributed by atoms with Crippen LogP contribution in [0.25, 0.3) is 0 Å². The summed E-state index contributed by atoms with van der Waals surface area (Å²) in [5, 5.41) is 0. The summed E-state index contributed by atoms with van der Waals surface area (Å²) in [4.78, 5) is 5.42. The molecule has 0 aromatic carbocycles. The Morgan fingerprint density at radius 3 is 1.94 bits per heavy atom. The number of rotatable bonds is 1. The first kappa shape index (κ1) is 12.4. The first-order chi connectivity index (χ1) is 7.17. The molecule has 2 heteroatoms. The molecule has 2 nitrogen and oxygen atoms in total. The Balaban J connectivity index is 1.96. The van der Waals surface area contributed by atoms with Gasteiger partial charge in [-0.1, -0.05) is 20.8 Å². The van der Waals surface area contributed by atoms with Gasteiger partial charge in [0.15, 0.2) is 0 Å². The minimum Gasteiger partial charge on any atom is -0.297 e. The van der Waals surface area contributed by atoms with Crippen molar-refractivity contribution in [1.29, 1.82) is 0 Å². The van der Waals surface area contributed by atoms with Gasteiger partial charge < -0.3 is 0 Å². The number of likely N-dealkylation sites (tertiary alicyclic amines) is 2. The van der Waals surface area contributed by atoms with Gasteiger partial charge in [0, 0.05) is 37.3 Å². The molecule has 0 aromatic heterocycles. The Hall–Kier alpha value is -0.0800. The van der Waals surface area contributed by atoms with E-state index in [2.05, 4.69) is 51.3 Å². The molecule has 0 spiro atoms. The molecule has 0 N–H and O–H groups in total. The van der Waals surface area contributed by atoms with E-state index < -0.39 is 0 Å². The van der Waals surface area contributed by atoms with E-state index in [4.69, 9.17) is 0 Å². The molecular formula is C14H28N2. The molecule has 0 radical (unpaired) electrons. The first-order valence-corrected chi connectivity index (χ1v) is 6.68. The summed E-state index contributed by atoms with van der Waals surface area (Å²) in [6, 6.07) is 1.63. The van der Waals surface area contributed by atoms with E-state index in [1.807, 2.05) is 0 Å². The van der Waals surface area contributed by atoms with Crippen LogP contribution in [0.3, 0.4) is 0 Å². The maximum atomic E-state index is 2.72. The third kappa shape index (κ3) is 2.43. The van der Waals surface area contributed by atoms with Crippen LogP contribution in [0.5, 0.6) is 0 Å². The SMILES string of the molecule is CC(C)(C)CN1C[C@H]2C[C@@H]1CN2C(C)(C)C. The van der Waals surface area contributed by atoms with E-state index in [1.54, 1.807) is 0 Å². The van der Waals surface area contributed by atoms with Crippen LogP contribution in [0, 0.1) is 5.41 Å². The molecule has 2 fully saturated rings. The van der Waals surface area contributed by atoms with Crippen LogP contribution in [0.15, 0.2) is 0 Å². The molecule has 2 saturated heterocycles. The average Bonchev–Trinajstić information content (AvgIpc) is 2.56. The Morgan fingerprint density at radius 2 is 1.56 bits per heavy atom. The Kier molecular flexibility index (Phi) is 2.87. The van der Waals surface area contributed by atoms with Gasteiger partial charge in [0.25, 0.3) is 0 Å². The van der Waals surface area contributed by atoms with Gasteiger partial charge in [-0.15, -0.1) is 0 Å². The van der Waals surface area contributed by atoms with Gasteiger partial charge in [-0.25, -0.2) is 0 Å². The van der Waals surface area contributed by atoms with Gasteiger partial charge in [0.1, 0.15) is 0 Å². The summed E-state index contributed by atoms with van der Waals surface area (Å²) in [5.74, 6) is 0. The van der Waals surface area contributed by atoms with Crippen LogP contribution in [-0.2, 0) is 0 Å². The fraction of sp³-hybridized carbons (Fsp3) is 1.00. The molecule has 2 heterocycles. The van der Waals surface area contributed by atoms with Crippen LogP contribution in [0.2, 0.25) is 0 Å². The zero-order valence-corrected chi connectivity index (χ0v) is 11.9. The third-order valence-electron chi connectivity index (χ3n) is 3.89. The maximum absolute atomic E-state index is 2.72. The van der Waals surface area contributed by atoms with Crippen LogP contribution < -0.4 is 0 Å². The number of nitrogens with zero attached hydrogens (tertiary/aromatic N) is 2. The van der Waals surface area contributed by atoms with Crippen LogP contribution in [0.4, 0.5) is 0 Å². The molecule has 2 atom stereocenters. The third-order valence-corrected chi connectivity index (χ3v) is 3.89. The van der Waals surface area contributed by atoms with Crippen molar-refractivity contribution in [3.63, 3.8) is 0 Å². The molecule has 0 amide bonds. The monoisotopic (exact) mass is 224 g/mol. The minimum absolute atomic E-state index is 0.354. The van der Waals surface area contributed by atoms with Gasteiger partial charge in [-0.2, -0.15) is 0 Å². The molecule has 2 rings (SSSR count). The van der Waals surface area contributed by atoms with Crippen molar-refractivity contribution in [2.75, 3.05) is 19.6 Å². The molecular weight excluding hydrogens is 196 g/mol. The van der Waals surface area contributed by atoms with Crippen molar-refractivity contribution in [3.8, 4) is 0 Å². The highest BCUT2D eigenvalue weighted by atomic mass is 15.4. The van der Waals surface area contributed by atoms with E-state index in [1.165, 1.54) is 26.1 Å². The van der Waals surface area contributed by atoms with Crippen molar-refractivity contribution >= 4 is 0 Å². The van der Waals surface area contributed by atoms with Crippen molar-refractivity contribution in [1.82, 2.24) is 9.80 Å². The number of hydrogen-bond donors (Lipinski definition) is 0. The number of piperazine rings is 1. The highest BCUT2D eigenvalue weighted by Crippen LogP contribution is 2.36. The highest BCUT2D eigenvalue weighted by molar-refractivity contribution is 5.03. The number of fused-ring (bicyclic) bond motifs is 2. The molecule has 0 saturated carbocycles. The smallest absolute Gasteiger partial charge is 0.0244 e. The van der Waals surface area contributed by atoms with E-state index in [-0.39, 0.29) is 0 Å². The summed E-state index contributed by atoms with van der Waals surface area (Å²) in [7, 11) is 0. The molecule has 2 bridgehead atoms. The summed E-state index contributed by atoms with van der Waals surface area (Å²) in [6.45, 7) is 17.9. The summed E-state index contributed by atoms with van der Waals surface area (Å²) >= 11 is 0. The molecule has 0 unspecified atom stereocenters. The lowest BCUT2D eigenvalue weighted by Gasteiger charge is -2.43. The van der Waals surface area contributed by atoms with E-state index in [0.29, 0.717) is 11.0 Å². The summed E-state index contributed by atoms with van der Waals surface area (Å²) in [5.41, 5.74) is 0.796. The van der Waals surface area contributed by atoms with Gasteiger partial charge in [0.2, 0.25) is 0 Å². The zero-order chi connectivity index (χ0) is 12.1. The van der Waals surface area contributed by atoms with E-state index >= 15 is 0 Å². The normalized spacial score (nSPS) is 32.6. The van der Waals surface area contributed by atoms with Crippen molar-refractivity contribution in [2.24, 2.45) is 5.41 Å². The lowest BCUT2D eigenvalue weighted by Crippen LogP contribution is -2.54. The fourth-order valence-corrected chi connectivity index (χ4v) is 3.37. The largest absolute Gasteiger partial charge is 0.297 e. The Bertz CT molecular complexity index is 259. The van der Waals surface area contributed by atoms with Crippen LogP contribution >= 0.6 is 0 Å². The van der Waals surface area contributed by atoms with E-state index in [0.717, 1.165) is 12.1 Å². The second kappa shape index (κ2) is 3.71. The molecule has 2 aliphatic rings. The zero-order valence-electron chi connectivity index (χ0n) is 11.9. The Labute approximate surface area is 101 Å². The van der Waals surface area contributed by atoms with E-state index in [9.17, 15) is 0 Å². The quantitative estimate of drug-likeness (QED) is 0.675. The van der Waals surface area contributed by atoms with Crippen LogP contribution in [0.1, 0.15) is 48.0 Å². The van der Waals surface area contributed by atoms with Gasteiger partial charge in [-0.3, -0.25) is 9.80 Å². The fourth-order valence-electron chi connectivity index (χ4n) is 3.37. The van der Waals surface area contributed by atoms with Crippen LogP contribution in [-0.4, -0.2) is 47.1 Å². The summed E-state index contributed by atoms with van der Waals surface area (Å²) < 4.78 is 0. The first-order valence-electron chi connectivity index (χ1n) is 6.68. The molecule has 0 aliphatic carbocycles. The molecule has 94 valence electrons. The second-order valence-electron chi connectivity index (χ2n) is 7.86. The predicted molar refractivity (Wildman–Crippen MR) is 69.7 cm³/mol. The number of hydrogen-bond acceptors (Lipinski definition) is 2. The minimum atomic E-state index is 0.354.